The van der Waals surface area contributed by atoms with Crippen LogP contribution in [-0.2, 0) is 14.8 Å². The summed E-state index contributed by atoms with van der Waals surface area (Å²) in [6, 6.07) is 18.3. The highest BCUT2D eigenvalue weighted by Crippen LogP contribution is 2.23. The predicted molar refractivity (Wildman–Crippen MR) is 121 cm³/mol. The van der Waals surface area contributed by atoms with Gasteiger partial charge in [0.1, 0.15) is 5.75 Å². The lowest BCUT2D eigenvalue weighted by atomic mass is 10.1. The number of para-hydroxylation sites is 1. The van der Waals surface area contributed by atoms with Crippen LogP contribution in [0.4, 0.5) is 11.4 Å². The van der Waals surface area contributed by atoms with E-state index in [4.69, 9.17) is 9.47 Å². The molecule has 0 aliphatic heterocycles. The second-order valence-corrected chi connectivity index (χ2v) is 8.26. The summed E-state index contributed by atoms with van der Waals surface area (Å²) in [7, 11) is -2.44. The maximum Gasteiger partial charge on any atom is 0.338 e. The summed E-state index contributed by atoms with van der Waals surface area (Å²) in [6.45, 7) is 1.98. The molecule has 1 amide bonds. The van der Waals surface area contributed by atoms with Crippen molar-refractivity contribution in [3.05, 3.63) is 83.9 Å². The number of methoxy groups -OCH3 is 1. The number of anilines is 2. The second-order valence-electron chi connectivity index (χ2n) is 6.58. The molecule has 0 heterocycles. The smallest absolute Gasteiger partial charge is 0.338 e. The number of ether oxygens (including phenoxy) is 2. The van der Waals surface area contributed by atoms with Crippen LogP contribution in [0.25, 0.3) is 0 Å². The third-order valence-corrected chi connectivity index (χ3v) is 5.82. The highest BCUT2D eigenvalue weighted by atomic mass is 32.2. The molecule has 9 heteroatoms. The van der Waals surface area contributed by atoms with Gasteiger partial charge in [-0.3, -0.25) is 9.52 Å². The van der Waals surface area contributed by atoms with Gasteiger partial charge in [-0.1, -0.05) is 12.1 Å². The van der Waals surface area contributed by atoms with Gasteiger partial charge in [-0.05, 0) is 67.6 Å². The van der Waals surface area contributed by atoms with Crippen molar-refractivity contribution in [1.82, 2.24) is 0 Å². The summed E-state index contributed by atoms with van der Waals surface area (Å²) in [6.07, 6.45) is 0. The first-order chi connectivity index (χ1) is 15.3. The Hall–Kier alpha value is -3.85. The van der Waals surface area contributed by atoms with Crippen LogP contribution in [0.15, 0.2) is 77.7 Å². The van der Waals surface area contributed by atoms with Crippen molar-refractivity contribution in [3.63, 3.8) is 0 Å². The van der Waals surface area contributed by atoms with E-state index in [9.17, 15) is 18.0 Å². The number of amides is 1. The molecule has 0 fully saturated rings. The normalized spacial score (nSPS) is 10.8. The maximum absolute atomic E-state index is 12.8. The number of benzene rings is 3. The van der Waals surface area contributed by atoms with Gasteiger partial charge in [0.25, 0.3) is 15.9 Å². The van der Waals surface area contributed by atoms with Crippen LogP contribution in [0.3, 0.4) is 0 Å². The Labute approximate surface area is 186 Å². The molecule has 0 unspecified atom stereocenters. The first kappa shape index (κ1) is 22.8. The fourth-order valence-electron chi connectivity index (χ4n) is 2.83. The van der Waals surface area contributed by atoms with Crippen LogP contribution < -0.4 is 14.8 Å². The first-order valence-electron chi connectivity index (χ1n) is 9.68. The van der Waals surface area contributed by atoms with Crippen LogP contribution in [0.2, 0.25) is 0 Å². The van der Waals surface area contributed by atoms with Gasteiger partial charge < -0.3 is 14.8 Å². The average molecular weight is 455 g/mol. The molecule has 166 valence electrons. The fourth-order valence-corrected chi connectivity index (χ4v) is 3.91. The number of rotatable bonds is 8. The van der Waals surface area contributed by atoms with E-state index in [-0.39, 0.29) is 22.8 Å². The van der Waals surface area contributed by atoms with Gasteiger partial charge in [0.2, 0.25) is 0 Å². The van der Waals surface area contributed by atoms with Gasteiger partial charge in [0.15, 0.2) is 0 Å². The van der Waals surface area contributed by atoms with Crippen LogP contribution in [0.1, 0.15) is 27.6 Å². The number of esters is 1. The summed E-state index contributed by atoms with van der Waals surface area (Å²) in [4.78, 5) is 24.6. The van der Waals surface area contributed by atoms with Crippen molar-refractivity contribution < 1.29 is 27.5 Å². The molecular weight excluding hydrogens is 432 g/mol. The molecular formula is C23H22N2O6S. The summed E-state index contributed by atoms with van der Waals surface area (Å²) in [5.41, 5.74) is 1.07. The lowest BCUT2D eigenvalue weighted by Crippen LogP contribution is -2.18. The topological polar surface area (TPSA) is 111 Å². The molecule has 0 aromatic heterocycles. The zero-order chi connectivity index (χ0) is 23.1. The van der Waals surface area contributed by atoms with E-state index >= 15 is 0 Å². The lowest BCUT2D eigenvalue weighted by molar-refractivity contribution is 0.0526. The van der Waals surface area contributed by atoms with Crippen molar-refractivity contribution in [2.24, 2.45) is 0 Å². The third kappa shape index (κ3) is 5.44. The molecule has 0 aliphatic rings. The largest absolute Gasteiger partial charge is 0.497 e. The van der Waals surface area contributed by atoms with Crippen LogP contribution >= 0.6 is 0 Å². The van der Waals surface area contributed by atoms with E-state index in [0.717, 1.165) is 0 Å². The van der Waals surface area contributed by atoms with Gasteiger partial charge >= 0.3 is 5.97 Å². The monoisotopic (exact) mass is 454 g/mol. The van der Waals surface area contributed by atoms with Crippen molar-refractivity contribution >= 4 is 33.3 Å². The van der Waals surface area contributed by atoms with Crippen molar-refractivity contribution in [2.45, 2.75) is 11.8 Å². The molecule has 3 aromatic carbocycles. The molecule has 3 aromatic rings. The zero-order valence-corrected chi connectivity index (χ0v) is 18.3. The number of hydrogen-bond donors (Lipinski definition) is 2. The quantitative estimate of drug-likeness (QED) is 0.499. The number of sulfonamides is 1. The predicted octanol–water partition coefficient (Wildman–Crippen LogP) is 3.93. The molecule has 0 atom stereocenters. The van der Waals surface area contributed by atoms with E-state index in [1.54, 1.807) is 31.2 Å². The lowest BCUT2D eigenvalue weighted by Gasteiger charge is -2.13. The van der Waals surface area contributed by atoms with Gasteiger partial charge in [-0.2, -0.15) is 0 Å². The van der Waals surface area contributed by atoms with Crippen molar-refractivity contribution in [1.29, 1.82) is 0 Å². The Morgan fingerprint density at radius 2 is 1.56 bits per heavy atom. The Kier molecular flexibility index (Phi) is 7.11. The average Bonchev–Trinajstić information content (AvgIpc) is 2.80. The van der Waals surface area contributed by atoms with Crippen LogP contribution in [-0.4, -0.2) is 34.0 Å². The van der Waals surface area contributed by atoms with E-state index in [1.807, 2.05) is 0 Å². The number of carbonyl (C=O) groups excluding carboxylic acids is 2. The fraction of sp³-hybridized carbons (Fsp3) is 0.130. The van der Waals surface area contributed by atoms with E-state index in [0.29, 0.717) is 17.0 Å². The Bertz CT molecular complexity index is 1210. The summed E-state index contributed by atoms with van der Waals surface area (Å²) < 4.78 is 38.0. The summed E-state index contributed by atoms with van der Waals surface area (Å²) >= 11 is 0. The molecule has 8 nitrogen and oxygen atoms in total. The second kappa shape index (κ2) is 9.97. The minimum atomic E-state index is -3.92. The summed E-state index contributed by atoms with van der Waals surface area (Å²) in [5.74, 6) is -0.441. The van der Waals surface area contributed by atoms with Crippen molar-refractivity contribution in [3.8, 4) is 5.75 Å². The minimum Gasteiger partial charge on any atom is -0.497 e. The zero-order valence-electron chi connectivity index (χ0n) is 17.5. The Morgan fingerprint density at radius 3 is 2.19 bits per heavy atom. The third-order valence-electron chi connectivity index (χ3n) is 4.44. The molecule has 0 saturated heterocycles. The van der Waals surface area contributed by atoms with Crippen LogP contribution in [0.5, 0.6) is 5.75 Å². The molecule has 0 radical (unpaired) electrons. The van der Waals surface area contributed by atoms with E-state index in [1.165, 1.54) is 55.6 Å². The highest BCUT2D eigenvalue weighted by Gasteiger charge is 2.19. The number of nitrogens with one attached hydrogen (secondary N) is 2. The van der Waals surface area contributed by atoms with Gasteiger partial charge in [-0.25, -0.2) is 13.2 Å². The first-order valence-corrected chi connectivity index (χ1v) is 11.2. The van der Waals surface area contributed by atoms with Crippen LogP contribution in [0, 0.1) is 0 Å². The minimum absolute atomic E-state index is 0.0306. The van der Waals surface area contributed by atoms with E-state index in [2.05, 4.69) is 10.0 Å². The number of hydrogen-bond acceptors (Lipinski definition) is 6. The molecule has 0 spiro atoms. The van der Waals surface area contributed by atoms with Gasteiger partial charge in [-0.15, -0.1) is 0 Å². The standard InChI is InChI=1S/C23H22N2O6S/c1-3-31-23(27)16-8-10-17(11-9-16)24-22(26)20-6-4-5-7-21(20)25-32(28,29)19-14-12-18(30-2)13-15-19/h4-15,25H,3H2,1-2H3,(H,24,26). The molecule has 2 N–H and O–H groups in total. The Morgan fingerprint density at radius 1 is 0.906 bits per heavy atom. The molecule has 0 saturated carbocycles. The molecule has 32 heavy (non-hydrogen) atoms. The highest BCUT2D eigenvalue weighted by molar-refractivity contribution is 7.92. The van der Waals surface area contributed by atoms with Crippen molar-refractivity contribution in [2.75, 3.05) is 23.8 Å². The SMILES string of the molecule is CCOC(=O)c1ccc(NC(=O)c2ccccc2NS(=O)(=O)c2ccc(OC)cc2)cc1. The van der Waals surface area contributed by atoms with Gasteiger partial charge in [0, 0.05) is 5.69 Å². The Balaban J connectivity index is 1.78. The van der Waals surface area contributed by atoms with E-state index < -0.39 is 21.9 Å². The molecule has 0 bridgehead atoms. The summed E-state index contributed by atoms with van der Waals surface area (Å²) in [5, 5.41) is 2.69. The number of carbonyl (C=O) groups is 2. The maximum atomic E-state index is 12.8. The van der Waals surface area contributed by atoms with Gasteiger partial charge in [0.05, 0.1) is 35.4 Å². The molecule has 0 aliphatic carbocycles. The molecule has 3 rings (SSSR count).